The molecule has 1 saturated carbocycles. The Morgan fingerprint density at radius 3 is 2.52 bits per heavy atom. The van der Waals surface area contributed by atoms with Crippen LogP contribution in [0.1, 0.15) is 38.2 Å². The molecule has 3 rings (SSSR count). The maximum Gasteiger partial charge on any atom is 0.191 e. The molecule has 0 bridgehead atoms. The Labute approximate surface area is 172 Å². The van der Waals surface area contributed by atoms with Gasteiger partial charge in [-0.1, -0.05) is 36.8 Å². The van der Waals surface area contributed by atoms with E-state index in [4.69, 9.17) is 0 Å². The highest BCUT2D eigenvalue weighted by atomic mass is 127. The summed E-state index contributed by atoms with van der Waals surface area (Å²) in [5, 5.41) is 17.3. The van der Waals surface area contributed by atoms with Crippen molar-refractivity contribution in [3.05, 3.63) is 35.9 Å². The van der Waals surface area contributed by atoms with Gasteiger partial charge >= 0.3 is 0 Å². The van der Waals surface area contributed by atoms with Crippen molar-refractivity contribution in [1.29, 1.82) is 0 Å². The van der Waals surface area contributed by atoms with Crippen molar-refractivity contribution in [1.82, 2.24) is 10.6 Å². The first-order valence-corrected chi connectivity index (χ1v) is 10.2. The van der Waals surface area contributed by atoms with Gasteiger partial charge in [-0.3, -0.25) is 4.99 Å². The van der Waals surface area contributed by atoms with Gasteiger partial charge in [0.25, 0.3) is 0 Å². The molecule has 1 aromatic carbocycles. The lowest BCUT2D eigenvalue weighted by Crippen LogP contribution is -2.49. The Kier molecular flexibility index (Phi) is 7.89. The maximum absolute atomic E-state index is 10.5. The van der Waals surface area contributed by atoms with Gasteiger partial charge in [0.15, 0.2) is 5.96 Å². The Morgan fingerprint density at radius 2 is 1.96 bits per heavy atom. The third-order valence-electron chi connectivity index (χ3n) is 5.25. The number of hydrogen-bond donors (Lipinski definition) is 3. The van der Waals surface area contributed by atoms with Crippen LogP contribution in [0.3, 0.4) is 0 Å². The number of nitrogens with one attached hydrogen (secondary N) is 2. The summed E-state index contributed by atoms with van der Waals surface area (Å²) in [6, 6.07) is 10.8. The number of aliphatic imine (C=N–C) groups is 1. The number of aliphatic hydroxyl groups is 1. The molecule has 2 fully saturated rings. The molecule has 2 aliphatic rings. The summed E-state index contributed by atoms with van der Waals surface area (Å²) in [4.78, 5) is 4.65. The van der Waals surface area contributed by atoms with Gasteiger partial charge in [-0.25, -0.2) is 0 Å². The minimum absolute atomic E-state index is 0. The van der Waals surface area contributed by atoms with Crippen molar-refractivity contribution in [3.63, 3.8) is 0 Å². The van der Waals surface area contributed by atoms with E-state index in [-0.39, 0.29) is 29.4 Å². The fourth-order valence-corrected chi connectivity index (χ4v) is 4.79. The predicted molar refractivity (Wildman–Crippen MR) is 118 cm³/mol. The second kappa shape index (κ2) is 9.46. The highest BCUT2D eigenvalue weighted by Crippen LogP contribution is 2.43. The minimum atomic E-state index is -0.624. The molecule has 1 aliphatic heterocycles. The molecule has 1 unspecified atom stereocenters. The number of guanidine groups is 1. The zero-order chi connectivity index (χ0) is 16.9. The zero-order valence-corrected chi connectivity index (χ0v) is 18.1. The van der Waals surface area contributed by atoms with E-state index in [2.05, 4.69) is 52.9 Å². The SMILES string of the molecule is CCNC(=NCC1(O)CCSC1)NCC1(c2ccccc2)CCC1.I. The smallest absolute Gasteiger partial charge is 0.191 e. The monoisotopic (exact) mass is 475 g/mol. The van der Waals surface area contributed by atoms with Gasteiger partial charge in [0.1, 0.15) is 0 Å². The lowest BCUT2D eigenvalue weighted by atomic mass is 9.64. The first-order valence-electron chi connectivity index (χ1n) is 9.04. The summed E-state index contributed by atoms with van der Waals surface area (Å²) in [6.45, 7) is 4.29. The maximum atomic E-state index is 10.5. The van der Waals surface area contributed by atoms with Crippen LogP contribution in [0.4, 0.5) is 0 Å². The Bertz CT molecular complexity index is 557. The van der Waals surface area contributed by atoms with Gasteiger partial charge < -0.3 is 15.7 Å². The number of nitrogens with zero attached hydrogens (tertiary/aromatic N) is 1. The van der Waals surface area contributed by atoms with Crippen molar-refractivity contribution in [2.75, 3.05) is 31.1 Å². The quantitative estimate of drug-likeness (QED) is 0.336. The van der Waals surface area contributed by atoms with Crippen LogP contribution >= 0.6 is 35.7 Å². The summed E-state index contributed by atoms with van der Waals surface area (Å²) in [5.74, 6) is 2.65. The van der Waals surface area contributed by atoms with Crippen LogP contribution in [0.5, 0.6) is 0 Å². The van der Waals surface area contributed by atoms with E-state index in [1.807, 2.05) is 11.8 Å². The lowest BCUT2D eigenvalue weighted by molar-refractivity contribution is 0.0778. The summed E-state index contributed by atoms with van der Waals surface area (Å²) in [7, 11) is 0. The average Bonchev–Trinajstić information content (AvgIpc) is 2.99. The van der Waals surface area contributed by atoms with Gasteiger partial charge in [0.05, 0.1) is 12.1 Å². The second-order valence-corrected chi connectivity index (χ2v) is 8.18. The van der Waals surface area contributed by atoms with Crippen molar-refractivity contribution < 1.29 is 5.11 Å². The van der Waals surface area contributed by atoms with Gasteiger partial charge in [-0.2, -0.15) is 11.8 Å². The van der Waals surface area contributed by atoms with E-state index in [1.165, 1.54) is 24.8 Å². The molecule has 0 amide bonds. The van der Waals surface area contributed by atoms with Crippen LogP contribution in [-0.2, 0) is 5.41 Å². The van der Waals surface area contributed by atoms with E-state index in [0.717, 1.165) is 37.0 Å². The van der Waals surface area contributed by atoms with Gasteiger partial charge in [-0.15, -0.1) is 24.0 Å². The average molecular weight is 475 g/mol. The fraction of sp³-hybridized carbons (Fsp3) is 0.632. The third kappa shape index (κ3) is 5.26. The molecule has 25 heavy (non-hydrogen) atoms. The van der Waals surface area contributed by atoms with E-state index in [9.17, 15) is 5.11 Å². The summed E-state index contributed by atoms with van der Waals surface area (Å²) in [6.07, 6.45) is 4.59. The van der Waals surface area contributed by atoms with Crippen molar-refractivity contribution >= 4 is 41.7 Å². The fourth-order valence-electron chi connectivity index (χ4n) is 3.50. The Hall–Kier alpha value is -0.470. The number of halogens is 1. The molecule has 4 nitrogen and oxygen atoms in total. The summed E-state index contributed by atoms with van der Waals surface area (Å²) >= 11 is 1.81. The second-order valence-electron chi connectivity index (χ2n) is 7.08. The van der Waals surface area contributed by atoms with Crippen LogP contribution < -0.4 is 10.6 Å². The largest absolute Gasteiger partial charge is 0.387 e. The van der Waals surface area contributed by atoms with Crippen LogP contribution in [0.15, 0.2) is 35.3 Å². The summed E-state index contributed by atoms with van der Waals surface area (Å²) < 4.78 is 0. The molecular formula is C19H30IN3OS. The van der Waals surface area contributed by atoms with Gasteiger partial charge in [0.2, 0.25) is 0 Å². The molecule has 6 heteroatoms. The Morgan fingerprint density at radius 1 is 1.20 bits per heavy atom. The van der Waals surface area contributed by atoms with E-state index in [0.29, 0.717) is 6.54 Å². The van der Waals surface area contributed by atoms with Crippen molar-refractivity contribution in [2.24, 2.45) is 4.99 Å². The van der Waals surface area contributed by atoms with Crippen LogP contribution in [0, 0.1) is 0 Å². The molecule has 3 N–H and O–H groups in total. The highest BCUT2D eigenvalue weighted by molar-refractivity contribution is 14.0. The molecule has 1 atom stereocenters. The number of rotatable bonds is 6. The van der Waals surface area contributed by atoms with E-state index < -0.39 is 5.60 Å². The minimum Gasteiger partial charge on any atom is -0.387 e. The van der Waals surface area contributed by atoms with Crippen molar-refractivity contribution in [2.45, 2.75) is 43.6 Å². The first kappa shape index (κ1) is 20.8. The highest BCUT2D eigenvalue weighted by Gasteiger charge is 2.38. The van der Waals surface area contributed by atoms with Gasteiger partial charge in [0, 0.05) is 24.3 Å². The topological polar surface area (TPSA) is 56.7 Å². The number of benzene rings is 1. The molecule has 1 aliphatic carbocycles. The predicted octanol–water partition coefficient (Wildman–Crippen LogP) is 3.15. The molecule has 0 aromatic heterocycles. The molecule has 1 aromatic rings. The summed E-state index contributed by atoms with van der Waals surface area (Å²) in [5.41, 5.74) is 1.03. The van der Waals surface area contributed by atoms with Gasteiger partial charge in [-0.05, 0) is 37.5 Å². The van der Waals surface area contributed by atoms with Crippen LogP contribution in [0.25, 0.3) is 0 Å². The molecule has 1 heterocycles. The Balaban J connectivity index is 0.00000225. The lowest BCUT2D eigenvalue weighted by Gasteiger charge is -2.43. The molecule has 1 saturated heterocycles. The zero-order valence-electron chi connectivity index (χ0n) is 15.0. The van der Waals surface area contributed by atoms with Crippen LogP contribution in [0.2, 0.25) is 0 Å². The standard InChI is InChI=1S/C19H29N3OS.HI/c1-2-20-17(22-14-19(23)11-12-24-15-19)21-13-18(9-6-10-18)16-7-4-3-5-8-16;/h3-5,7-8,23H,2,6,9-15H2,1H3,(H2,20,21,22);1H. The number of thioether (sulfide) groups is 1. The number of hydrogen-bond acceptors (Lipinski definition) is 3. The molecule has 0 spiro atoms. The van der Waals surface area contributed by atoms with Crippen molar-refractivity contribution in [3.8, 4) is 0 Å². The van der Waals surface area contributed by atoms with E-state index >= 15 is 0 Å². The van der Waals surface area contributed by atoms with E-state index in [1.54, 1.807) is 0 Å². The molecular weight excluding hydrogens is 445 g/mol. The van der Waals surface area contributed by atoms with Crippen LogP contribution in [-0.4, -0.2) is 47.8 Å². The first-order chi connectivity index (χ1) is 11.7. The normalized spacial score (nSPS) is 25.0. The molecule has 140 valence electrons. The molecule has 0 radical (unpaired) electrons. The third-order valence-corrected chi connectivity index (χ3v) is 6.48.